The quantitative estimate of drug-likeness (QED) is 0.747. The number of carbonyl (C=O) groups excluding carboxylic acids is 2. The maximum Gasteiger partial charge on any atom is 0.247 e. The standard InChI is InChI=1S/C16H23N5O4S/c1-19(26(2,24)25)13-6-5-9-21(15(13)23)16-17-10-12(11-18-16)20-8-4-3-7-14(20)22/h10-11,13H,3-9H2,1-2H3. The Morgan fingerprint density at radius 3 is 2.35 bits per heavy atom. The van der Waals surface area contributed by atoms with Crippen LogP contribution in [-0.2, 0) is 19.6 Å². The molecule has 26 heavy (non-hydrogen) atoms. The highest BCUT2D eigenvalue weighted by molar-refractivity contribution is 7.88. The molecule has 0 spiro atoms. The summed E-state index contributed by atoms with van der Waals surface area (Å²) >= 11 is 0. The lowest BCUT2D eigenvalue weighted by Crippen LogP contribution is -2.53. The van der Waals surface area contributed by atoms with Gasteiger partial charge in [0.25, 0.3) is 0 Å². The van der Waals surface area contributed by atoms with Gasteiger partial charge in [-0.25, -0.2) is 18.4 Å². The monoisotopic (exact) mass is 381 g/mol. The number of piperidine rings is 2. The van der Waals surface area contributed by atoms with E-state index in [1.165, 1.54) is 11.9 Å². The molecule has 0 radical (unpaired) electrons. The summed E-state index contributed by atoms with van der Waals surface area (Å²) in [4.78, 5) is 36.3. The third-order valence-electron chi connectivity index (χ3n) is 4.87. The Morgan fingerprint density at radius 1 is 1.08 bits per heavy atom. The van der Waals surface area contributed by atoms with E-state index in [9.17, 15) is 18.0 Å². The van der Waals surface area contributed by atoms with Crippen LogP contribution in [0.3, 0.4) is 0 Å². The van der Waals surface area contributed by atoms with Crippen LogP contribution in [0.4, 0.5) is 11.6 Å². The highest BCUT2D eigenvalue weighted by Gasteiger charge is 2.37. The number of hydrogen-bond acceptors (Lipinski definition) is 6. The van der Waals surface area contributed by atoms with Crippen LogP contribution in [-0.4, -0.2) is 66.9 Å². The molecular formula is C16H23N5O4S. The Morgan fingerprint density at radius 2 is 1.73 bits per heavy atom. The Hall–Kier alpha value is -2.07. The highest BCUT2D eigenvalue weighted by Crippen LogP contribution is 2.24. The van der Waals surface area contributed by atoms with Gasteiger partial charge in [0.2, 0.25) is 27.8 Å². The second kappa shape index (κ2) is 7.28. The molecule has 1 aromatic rings. The summed E-state index contributed by atoms with van der Waals surface area (Å²) in [5, 5.41) is 0. The first-order valence-corrected chi connectivity index (χ1v) is 10.5. The van der Waals surface area contributed by atoms with Gasteiger partial charge in [-0.2, -0.15) is 4.31 Å². The molecule has 1 aromatic heterocycles. The molecule has 2 aliphatic rings. The third kappa shape index (κ3) is 3.70. The van der Waals surface area contributed by atoms with Gasteiger partial charge in [0.1, 0.15) is 6.04 Å². The van der Waals surface area contributed by atoms with Crippen LogP contribution in [0.15, 0.2) is 12.4 Å². The van der Waals surface area contributed by atoms with Gasteiger partial charge in [0.15, 0.2) is 0 Å². The van der Waals surface area contributed by atoms with E-state index in [-0.39, 0.29) is 17.8 Å². The molecule has 9 nitrogen and oxygen atoms in total. The van der Waals surface area contributed by atoms with Crippen LogP contribution in [0.2, 0.25) is 0 Å². The number of carbonyl (C=O) groups is 2. The number of rotatable bonds is 4. The third-order valence-corrected chi connectivity index (χ3v) is 6.17. The Bertz CT molecular complexity index is 795. The van der Waals surface area contributed by atoms with E-state index >= 15 is 0 Å². The van der Waals surface area contributed by atoms with Crippen molar-refractivity contribution in [2.75, 3.05) is 36.2 Å². The van der Waals surface area contributed by atoms with Gasteiger partial charge < -0.3 is 4.90 Å². The second-order valence-electron chi connectivity index (χ2n) is 6.67. The SMILES string of the molecule is CN(C1CCCN(c2ncc(N3CCCCC3=O)cn2)C1=O)S(C)(=O)=O. The Balaban J connectivity index is 1.78. The topological polar surface area (TPSA) is 104 Å². The van der Waals surface area contributed by atoms with Gasteiger partial charge in [0, 0.05) is 26.6 Å². The number of nitrogens with zero attached hydrogens (tertiary/aromatic N) is 5. The molecule has 142 valence electrons. The average molecular weight is 381 g/mol. The fourth-order valence-corrected chi connectivity index (χ4v) is 3.95. The van der Waals surface area contributed by atoms with Crippen molar-refractivity contribution in [3.63, 3.8) is 0 Å². The van der Waals surface area contributed by atoms with Gasteiger partial charge in [-0.15, -0.1) is 0 Å². The first-order chi connectivity index (χ1) is 12.3. The molecule has 1 atom stereocenters. The van der Waals surface area contributed by atoms with E-state index in [1.807, 2.05) is 0 Å². The summed E-state index contributed by atoms with van der Waals surface area (Å²) in [7, 11) is -2.06. The maximum atomic E-state index is 12.7. The molecule has 0 aromatic carbocycles. The van der Waals surface area contributed by atoms with Gasteiger partial charge in [0.05, 0.1) is 24.3 Å². The van der Waals surface area contributed by atoms with E-state index in [4.69, 9.17) is 0 Å². The van der Waals surface area contributed by atoms with E-state index in [2.05, 4.69) is 9.97 Å². The minimum Gasteiger partial charge on any atom is -0.310 e. The minimum atomic E-state index is -3.47. The van der Waals surface area contributed by atoms with E-state index in [1.54, 1.807) is 17.3 Å². The molecule has 0 bridgehead atoms. The smallest absolute Gasteiger partial charge is 0.247 e. The zero-order chi connectivity index (χ0) is 18.9. The zero-order valence-electron chi connectivity index (χ0n) is 15.0. The van der Waals surface area contributed by atoms with Gasteiger partial charge in [-0.05, 0) is 25.7 Å². The zero-order valence-corrected chi connectivity index (χ0v) is 15.8. The summed E-state index contributed by atoms with van der Waals surface area (Å²) in [6.45, 7) is 1.08. The first-order valence-electron chi connectivity index (χ1n) is 8.66. The van der Waals surface area contributed by atoms with Crippen LogP contribution in [0, 0.1) is 0 Å². The summed E-state index contributed by atoms with van der Waals surface area (Å²) in [6, 6.07) is -0.745. The van der Waals surface area contributed by atoms with Gasteiger partial charge in [-0.3, -0.25) is 14.5 Å². The lowest BCUT2D eigenvalue weighted by Gasteiger charge is -2.34. The predicted molar refractivity (Wildman–Crippen MR) is 96.2 cm³/mol. The fraction of sp³-hybridized carbons (Fsp3) is 0.625. The fourth-order valence-electron chi connectivity index (χ4n) is 3.30. The molecule has 0 saturated carbocycles. The largest absolute Gasteiger partial charge is 0.310 e. The average Bonchev–Trinajstić information content (AvgIpc) is 2.61. The predicted octanol–water partition coefficient (Wildman–Crippen LogP) is 0.380. The molecule has 2 amide bonds. The number of aromatic nitrogens is 2. The summed E-state index contributed by atoms with van der Waals surface area (Å²) in [5.41, 5.74) is 0.618. The van der Waals surface area contributed by atoms with Crippen molar-refractivity contribution in [3.8, 4) is 0 Å². The highest BCUT2D eigenvalue weighted by atomic mass is 32.2. The molecule has 3 heterocycles. The Labute approximate surface area is 153 Å². The molecule has 2 aliphatic heterocycles. The normalized spacial score (nSPS) is 22.2. The van der Waals surface area contributed by atoms with Crippen molar-refractivity contribution in [1.29, 1.82) is 0 Å². The number of hydrogen-bond donors (Lipinski definition) is 0. The van der Waals surface area contributed by atoms with Crippen molar-refractivity contribution in [3.05, 3.63) is 12.4 Å². The summed E-state index contributed by atoms with van der Waals surface area (Å²) in [5.74, 6) is -0.0442. The minimum absolute atomic E-state index is 0.0523. The van der Waals surface area contributed by atoms with Gasteiger partial charge >= 0.3 is 0 Å². The number of sulfonamides is 1. The molecule has 0 aliphatic carbocycles. The van der Waals surface area contributed by atoms with Crippen molar-refractivity contribution in [2.24, 2.45) is 0 Å². The lowest BCUT2D eigenvalue weighted by molar-refractivity contribution is -0.123. The van der Waals surface area contributed by atoms with E-state index in [0.717, 1.165) is 23.4 Å². The molecule has 0 N–H and O–H groups in total. The van der Waals surface area contributed by atoms with E-state index < -0.39 is 16.1 Å². The van der Waals surface area contributed by atoms with Crippen LogP contribution in [0.25, 0.3) is 0 Å². The first kappa shape index (κ1) is 18.7. The van der Waals surface area contributed by atoms with Crippen molar-refractivity contribution >= 4 is 33.5 Å². The molecule has 1 unspecified atom stereocenters. The summed E-state index contributed by atoms with van der Waals surface area (Å²) < 4.78 is 24.6. The Kier molecular flexibility index (Phi) is 5.24. The van der Waals surface area contributed by atoms with Crippen LogP contribution >= 0.6 is 0 Å². The van der Waals surface area contributed by atoms with Gasteiger partial charge in [-0.1, -0.05) is 0 Å². The van der Waals surface area contributed by atoms with Crippen molar-refractivity contribution in [1.82, 2.24) is 14.3 Å². The van der Waals surface area contributed by atoms with Crippen LogP contribution < -0.4 is 9.80 Å². The van der Waals surface area contributed by atoms with E-state index in [0.29, 0.717) is 38.0 Å². The van der Waals surface area contributed by atoms with Crippen LogP contribution in [0.5, 0.6) is 0 Å². The lowest BCUT2D eigenvalue weighted by atomic mass is 10.1. The number of amides is 2. The molecule has 2 fully saturated rings. The van der Waals surface area contributed by atoms with Crippen molar-refractivity contribution < 1.29 is 18.0 Å². The molecule has 2 saturated heterocycles. The summed E-state index contributed by atoms with van der Waals surface area (Å²) in [6.07, 6.45) is 7.66. The molecule has 10 heteroatoms. The molecular weight excluding hydrogens is 358 g/mol. The number of anilines is 2. The maximum absolute atomic E-state index is 12.7. The number of likely N-dealkylation sites (N-methyl/N-ethyl adjacent to an activating group) is 1. The van der Waals surface area contributed by atoms with Crippen LogP contribution in [0.1, 0.15) is 32.1 Å². The van der Waals surface area contributed by atoms with Crippen molar-refractivity contribution in [2.45, 2.75) is 38.1 Å². The molecule has 3 rings (SSSR count). The second-order valence-corrected chi connectivity index (χ2v) is 8.71.